The summed E-state index contributed by atoms with van der Waals surface area (Å²) < 4.78 is 2.42. The Morgan fingerprint density at radius 2 is 0.882 bits per heavy atom. The molecule has 0 radical (unpaired) electrons. The van der Waals surface area contributed by atoms with E-state index in [-0.39, 0.29) is 5.41 Å². The van der Waals surface area contributed by atoms with Crippen LogP contribution < -0.4 is 4.90 Å². The number of nitrogens with zero attached hydrogens (tertiary/aromatic N) is 2. The molecule has 0 atom stereocenters. The molecule has 0 N–H and O–H groups in total. The smallest absolute Gasteiger partial charge is 0.0561 e. The summed E-state index contributed by atoms with van der Waals surface area (Å²) in [6.07, 6.45) is 0. The number of aromatic nitrogens is 1. The van der Waals surface area contributed by atoms with Crippen LogP contribution in [-0.2, 0) is 5.41 Å². The van der Waals surface area contributed by atoms with Gasteiger partial charge in [-0.05, 0) is 93.7 Å². The van der Waals surface area contributed by atoms with Crippen LogP contribution in [0, 0.1) is 0 Å². The van der Waals surface area contributed by atoms with Crippen LogP contribution in [0.3, 0.4) is 0 Å². The lowest BCUT2D eigenvalue weighted by molar-refractivity contribution is 0.641. The van der Waals surface area contributed by atoms with E-state index in [0.29, 0.717) is 0 Å². The van der Waals surface area contributed by atoms with Crippen LogP contribution in [0.2, 0.25) is 0 Å². The number of para-hydroxylation sites is 1. The fourth-order valence-corrected chi connectivity index (χ4v) is 7.62. The van der Waals surface area contributed by atoms with E-state index in [2.05, 4.69) is 217 Å². The normalized spacial score (nSPS) is 11.7. The van der Waals surface area contributed by atoms with E-state index in [1.807, 2.05) is 0 Å². The van der Waals surface area contributed by atoms with Gasteiger partial charge in [-0.3, -0.25) is 0 Å². The Labute approximate surface area is 299 Å². The van der Waals surface area contributed by atoms with Crippen molar-refractivity contribution in [1.82, 2.24) is 4.57 Å². The average Bonchev–Trinajstić information content (AvgIpc) is 3.51. The van der Waals surface area contributed by atoms with E-state index in [1.54, 1.807) is 0 Å². The molecule has 51 heavy (non-hydrogen) atoms. The number of hydrogen-bond acceptors (Lipinski definition) is 1. The third-order valence-electron chi connectivity index (χ3n) is 10.5. The Kier molecular flexibility index (Phi) is 7.51. The zero-order chi connectivity index (χ0) is 34.4. The van der Waals surface area contributed by atoms with E-state index < -0.39 is 0 Å². The van der Waals surface area contributed by atoms with Crippen molar-refractivity contribution in [3.05, 3.63) is 205 Å². The van der Waals surface area contributed by atoms with Crippen molar-refractivity contribution in [3.8, 4) is 16.8 Å². The minimum absolute atomic E-state index is 0.124. The van der Waals surface area contributed by atoms with Gasteiger partial charge in [0, 0.05) is 38.9 Å². The standard InChI is InChI=1S/C49H38N2/c1-49(2,39-18-8-4-9-19-39)40-24-28-43(29-25-40)50(42-26-22-36(23-27-42)35-14-6-3-7-15-35)44-30-31-45-46-32-37-16-12-13-17-38(37)33-47(46)51(48(45)34-44)41-20-10-5-11-21-41/h3-34H,1-2H3. The summed E-state index contributed by atoms with van der Waals surface area (Å²) in [6, 6.07) is 70.5. The summed E-state index contributed by atoms with van der Waals surface area (Å²) in [4.78, 5) is 2.39. The second kappa shape index (κ2) is 12.5. The highest BCUT2D eigenvalue weighted by Gasteiger charge is 2.24. The minimum atomic E-state index is -0.124. The van der Waals surface area contributed by atoms with Gasteiger partial charge in [0.05, 0.1) is 11.0 Å². The van der Waals surface area contributed by atoms with Gasteiger partial charge in [-0.25, -0.2) is 0 Å². The highest BCUT2D eigenvalue weighted by Crippen LogP contribution is 2.42. The van der Waals surface area contributed by atoms with Crippen LogP contribution in [0.5, 0.6) is 0 Å². The molecule has 0 amide bonds. The molecule has 0 saturated heterocycles. The van der Waals surface area contributed by atoms with Crippen molar-refractivity contribution in [1.29, 1.82) is 0 Å². The molecule has 2 nitrogen and oxygen atoms in total. The van der Waals surface area contributed by atoms with Crippen molar-refractivity contribution in [2.24, 2.45) is 0 Å². The molecule has 1 aromatic heterocycles. The SMILES string of the molecule is CC(C)(c1ccccc1)c1ccc(N(c2ccc(-c3ccccc3)cc2)c2ccc3c4cc5ccccc5cc4n(-c4ccccc4)c3c2)cc1. The summed E-state index contributed by atoms with van der Waals surface area (Å²) in [7, 11) is 0. The lowest BCUT2D eigenvalue weighted by atomic mass is 9.78. The van der Waals surface area contributed by atoms with Crippen molar-refractivity contribution >= 4 is 49.6 Å². The number of hydrogen-bond donors (Lipinski definition) is 0. The molecule has 2 heteroatoms. The first kappa shape index (κ1) is 30.7. The van der Waals surface area contributed by atoms with Gasteiger partial charge in [-0.15, -0.1) is 0 Å². The van der Waals surface area contributed by atoms with Crippen LogP contribution >= 0.6 is 0 Å². The Hall–Kier alpha value is -6.38. The van der Waals surface area contributed by atoms with Crippen LogP contribution in [-0.4, -0.2) is 4.57 Å². The van der Waals surface area contributed by atoms with Gasteiger partial charge < -0.3 is 9.47 Å². The average molecular weight is 655 g/mol. The Balaban J connectivity index is 1.23. The largest absolute Gasteiger partial charge is 0.310 e. The number of benzene rings is 8. The molecular weight excluding hydrogens is 617 g/mol. The summed E-state index contributed by atoms with van der Waals surface area (Å²) in [5, 5.41) is 4.98. The Morgan fingerprint density at radius 3 is 1.55 bits per heavy atom. The minimum Gasteiger partial charge on any atom is -0.310 e. The van der Waals surface area contributed by atoms with Crippen LogP contribution in [0.1, 0.15) is 25.0 Å². The van der Waals surface area contributed by atoms with Gasteiger partial charge in [0.15, 0.2) is 0 Å². The molecule has 0 aliphatic rings. The van der Waals surface area contributed by atoms with Crippen molar-refractivity contribution < 1.29 is 0 Å². The molecule has 8 aromatic carbocycles. The zero-order valence-electron chi connectivity index (χ0n) is 28.9. The molecule has 0 aliphatic heterocycles. The van der Waals surface area contributed by atoms with Crippen molar-refractivity contribution in [3.63, 3.8) is 0 Å². The summed E-state index contributed by atoms with van der Waals surface area (Å²) in [5.74, 6) is 0. The molecule has 0 unspecified atom stereocenters. The van der Waals surface area contributed by atoms with Crippen LogP contribution in [0.4, 0.5) is 17.1 Å². The molecule has 9 aromatic rings. The molecule has 244 valence electrons. The Morgan fingerprint density at radius 1 is 0.392 bits per heavy atom. The monoisotopic (exact) mass is 654 g/mol. The fraction of sp³-hybridized carbons (Fsp3) is 0.0612. The van der Waals surface area contributed by atoms with Gasteiger partial charge in [-0.1, -0.05) is 147 Å². The molecule has 0 bridgehead atoms. The van der Waals surface area contributed by atoms with Gasteiger partial charge in [0.25, 0.3) is 0 Å². The first-order valence-corrected chi connectivity index (χ1v) is 17.7. The topological polar surface area (TPSA) is 8.17 Å². The van der Waals surface area contributed by atoms with Gasteiger partial charge in [-0.2, -0.15) is 0 Å². The van der Waals surface area contributed by atoms with E-state index >= 15 is 0 Å². The van der Waals surface area contributed by atoms with E-state index in [1.165, 1.54) is 54.8 Å². The molecule has 9 rings (SSSR count). The third kappa shape index (κ3) is 5.46. The van der Waals surface area contributed by atoms with Crippen molar-refractivity contribution in [2.45, 2.75) is 19.3 Å². The second-order valence-electron chi connectivity index (χ2n) is 13.9. The highest BCUT2D eigenvalue weighted by atomic mass is 15.1. The predicted molar refractivity (Wildman–Crippen MR) is 217 cm³/mol. The van der Waals surface area contributed by atoms with E-state index in [4.69, 9.17) is 0 Å². The molecule has 0 aliphatic carbocycles. The molecule has 0 saturated carbocycles. The summed E-state index contributed by atoms with van der Waals surface area (Å²) in [5.41, 5.74) is 11.7. The first-order chi connectivity index (χ1) is 25.0. The maximum atomic E-state index is 2.42. The fourth-order valence-electron chi connectivity index (χ4n) is 7.62. The number of fused-ring (bicyclic) bond motifs is 4. The maximum absolute atomic E-state index is 2.42. The quantitative estimate of drug-likeness (QED) is 0.166. The molecular formula is C49H38N2. The maximum Gasteiger partial charge on any atom is 0.0561 e. The molecule has 0 spiro atoms. The summed E-state index contributed by atoms with van der Waals surface area (Å²) in [6.45, 7) is 4.61. The highest BCUT2D eigenvalue weighted by molar-refractivity contribution is 6.14. The second-order valence-corrected chi connectivity index (χ2v) is 13.9. The van der Waals surface area contributed by atoms with Gasteiger partial charge in [0.1, 0.15) is 0 Å². The predicted octanol–water partition coefficient (Wildman–Crippen LogP) is 13.4. The first-order valence-electron chi connectivity index (χ1n) is 17.7. The zero-order valence-corrected chi connectivity index (χ0v) is 28.9. The van der Waals surface area contributed by atoms with Gasteiger partial charge >= 0.3 is 0 Å². The van der Waals surface area contributed by atoms with Gasteiger partial charge in [0.2, 0.25) is 0 Å². The number of anilines is 3. The van der Waals surface area contributed by atoms with E-state index in [9.17, 15) is 0 Å². The lowest BCUT2D eigenvalue weighted by Crippen LogP contribution is -2.19. The van der Waals surface area contributed by atoms with Crippen LogP contribution in [0.25, 0.3) is 49.4 Å². The van der Waals surface area contributed by atoms with Crippen molar-refractivity contribution in [2.75, 3.05) is 4.90 Å². The molecule has 1 heterocycles. The Bertz CT molecular complexity index is 2620. The number of rotatable bonds is 7. The summed E-state index contributed by atoms with van der Waals surface area (Å²) >= 11 is 0. The van der Waals surface area contributed by atoms with E-state index in [0.717, 1.165) is 22.7 Å². The lowest BCUT2D eigenvalue weighted by Gasteiger charge is -2.29. The third-order valence-corrected chi connectivity index (χ3v) is 10.5. The van der Waals surface area contributed by atoms with Crippen LogP contribution in [0.15, 0.2) is 194 Å². The molecule has 0 fully saturated rings.